The fraction of sp³-hybridized carbons (Fsp3) is 0.765. The quantitative estimate of drug-likeness (QED) is 0.275. The Kier molecular flexibility index (Phi) is 19.0. The van der Waals surface area contributed by atoms with Gasteiger partial charge in [-0.1, -0.05) is 24.5 Å². The van der Waals surface area contributed by atoms with Crippen LogP contribution in [-0.4, -0.2) is 53.6 Å². The number of rotatable bonds is 13. The van der Waals surface area contributed by atoms with Crippen LogP contribution in [0.3, 0.4) is 0 Å². The highest BCUT2D eigenvalue weighted by Gasteiger charge is 2.36. The Morgan fingerprint density at radius 1 is 0.875 bits per heavy atom. The molecule has 0 rings (SSSR count). The third kappa shape index (κ3) is 14.1. The molecule has 0 heterocycles. The summed E-state index contributed by atoms with van der Waals surface area (Å²) in [6.07, 6.45) is 7.87. The van der Waals surface area contributed by atoms with Crippen LogP contribution < -0.4 is 0 Å². The summed E-state index contributed by atoms with van der Waals surface area (Å²) in [4.78, 5) is 0. The molecule has 0 unspecified atom stereocenters. The van der Waals surface area contributed by atoms with Gasteiger partial charge in [-0.25, -0.2) is 0 Å². The summed E-state index contributed by atoms with van der Waals surface area (Å²) >= 11 is 0. The maximum atomic E-state index is 5.34. The monoisotopic (exact) mass is 378 g/mol. The third-order valence-electron chi connectivity index (χ3n) is 3.51. The molecule has 0 aromatic carbocycles. The summed E-state index contributed by atoms with van der Waals surface area (Å²) < 4.78 is 26.1. The highest BCUT2D eigenvalue weighted by atomic mass is 28.4. The van der Waals surface area contributed by atoms with Gasteiger partial charge in [-0.3, -0.25) is 0 Å². The number of hydrogen-bond donors (Lipinski definition) is 0. The minimum Gasteiger partial charge on any atom is -0.397 e. The van der Waals surface area contributed by atoms with Crippen molar-refractivity contribution in [1.82, 2.24) is 0 Å². The molecule has 0 aromatic heterocycles. The summed E-state index contributed by atoms with van der Waals surface area (Å²) in [6, 6.07) is 0.907. The zero-order valence-electron chi connectivity index (χ0n) is 16.7. The van der Waals surface area contributed by atoms with Gasteiger partial charge >= 0.3 is 18.1 Å². The zero-order valence-corrected chi connectivity index (χ0v) is 18.9. The highest BCUT2D eigenvalue weighted by Crippen LogP contribution is 2.17. The van der Waals surface area contributed by atoms with E-state index >= 15 is 0 Å². The molecule has 0 amide bonds. The Labute approximate surface area is 152 Å². The Bertz CT molecular complexity index is 304. The maximum absolute atomic E-state index is 5.34. The molecular weight excluding hydrogens is 340 g/mol. The topological polar surface area (TPSA) is 46.2 Å². The van der Waals surface area contributed by atoms with Crippen LogP contribution in [0.2, 0.25) is 6.04 Å². The normalized spacial score (nSPS) is 11.0. The lowest BCUT2D eigenvalue weighted by atomic mass is 10.1. The molecule has 0 radical (unpaired) electrons. The third-order valence-corrected chi connectivity index (χ3v) is 8.21. The van der Waals surface area contributed by atoms with Crippen molar-refractivity contribution in [2.75, 3.05) is 35.5 Å². The Morgan fingerprint density at radius 3 is 1.71 bits per heavy atom. The molecule has 0 saturated heterocycles. The molecule has 0 aliphatic carbocycles. The number of unbranched alkanes of at least 4 members (excludes halogenated alkanes) is 4. The first kappa shape index (κ1) is 25.9. The molecule has 7 heteroatoms. The van der Waals surface area contributed by atoms with Crippen molar-refractivity contribution >= 4 is 18.1 Å². The SMILES string of the molecule is C=CCCCCCC[Si](OC)(OC)OC.CO[SiH](C=C(C)C)OC. The van der Waals surface area contributed by atoms with Crippen LogP contribution in [0.5, 0.6) is 0 Å². The summed E-state index contributed by atoms with van der Waals surface area (Å²) in [5.41, 5.74) is 3.32. The maximum Gasteiger partial charge on any atom is 0.500 e. The summed E-state index contributed by atoms with van der Waals surface area (Å²) in [6.45, 7) is 7.78. The van der Waals surface area contributed by atoms with Crippen molar-refractivity contribution in [3.63, 3.8) is 0 Å². The predicted octanol–water partition coefficient (Wildman–Crippen LogP) is 4.01. The van der Waals surface area contributed by atoms with Crippen LogP contribution in [0.1, 0.15) is 46.0 Å². The fourth-order valence-corrected chi connectivity index (χ4v) is 4.85. The molecule has 0 saturated carbocycles. The van der Waals surface area contributed by atoms with Crippen LogP contribution in [0.25, 0.3) is 0 Å². The van der Waals surface area contributed by atoms with Crippen molar-refractivity contribution in [3.05, 3.63) is 23.9 Å². The van der Waals surface area contributed by atoms with Crippen LogP contribution >= 0.6 is 0 Å². The van der Waals surface area contributed by atoms with E-state index in [4.69, 9.17) is 22.1 Å². The fourth-order valence-electron chi connectivity index (χ4n) is 2.04. The van der Waals surface area contributed by atoms with E-state index in [2.05, 4.69) is 12.3 Å². The molecule has 24 heavy (non-hydrogen) atoms. The second kappa shape index (κ2) is 17.5. The molecule has 0 N–H and O–H groups in total. The summed E-state index contributed by atoms with van der Waals surface area (Å²) in [5.74, 6) is 0. The van der Waals surface area contributed by atoms with Crippen molar-refractivity contribution < 1.29 is 22.1 Å². The second-order valence-electron chi connectivity index (χ2n) is 5.62. The van der Waals surface area contributed by atoms with Gasteiger partial charge in [0, 0.05) is 41.6 Å². The zero-order chi connectivity index (χ0) is 18.8. The highest BCUT2D eigenvalue weighted by molar-refractivity contribution is 6.60. The van der Waals surface area contributed by atoms with E-state index in [0.717, 1.165) is 18.9 Å². The molecule has 0 aromatic rings. The van der Waals surface area contributed by atoms with Crippen LogP contribution in [0.4, 0.5) is 0 Å². The first-order valence-electron chi connectivity index (χ1n) is 8.42. The number of hydrogen-bond acceptors (Lipinski definition) is 5. The van der Waals surface area contributed by atoms with Gasteiger partial charge in [0.2, 0.25) is 0 Å². The van der Waals surface area contributed by atoms with Gasteiger partial charge in [0.15, 0.2) is 0 Å². The van der Waals surface area contributed by atoms with Crippen molar-refractivity contribution in [1.29, 1.82) is 0 Å². The van der Waals surface area contributed by atoms with E-state index in [0.29, 0.717) is 0 Å². The smallest absolute Gasteiger partial charge is 0.397 e. The standard InChI is InChI=1S/C11H24O3Si.C6H14O2Si/c1-5-6-7-8-9-10-11-15(12-2,13-3)14-4;1-6(2)5-9(7-3)8-4/h5H,1,6-11H2,2-4H3;5,9H,1-4H3. The molecular formula is C17H38O5Si2. The lowest BCUT2D eigenvalue weighted by Gasteiger charge is -2.24. The van der Waals surface area contributed by atoms with Gasteiger partial charge in [0.1, 0.15) is 0 Å². The van der Waals surface area contributed by atoms with Gasteiger partial charge in [0.05, 0.1) is 0 Å². The first-order valence-corrected chi connectivity index (χ1v) is 12.0. The molecule has 0 aliphatic rings. The Hall–Kier alpha value is -0.286. The van der Waals surface area contributed by atoms with Gasteiger partial charge in [-0.05, 0) is 38.8 Å². The second-order valence-corrected chi connectivity index (χ2v) is 10.7. The lowest BCUT2D eigenvalue weighted by molar-refractivity contribution is 0.122. The predicted molar refractivity (Wildman–Crippen MR) is 105 cm³/mol. The summed E-state index contributed by atoms with van der Waals surface area (Å²) in [5, 5.41) is 0. The average Bonchev–Trinajstić information content (AvgIpc) is 2.60. The number of allylic oxidation sites excluding steroid dienone is 2. The Morgan fingerprint density at radius 2 is 1.38 bits per heavy atom. The van der Waals surface area contributed by atoms with Gasteiger partial charge in [-0.2, -0.15) is 0 Å². The molecule has 0 aliphatic heterocycles. The summed E-state index contributed by atoms with van der Waals surface area (Å²) in [7, 11) is 4.63. The van der Waals surface area contributed by atoms with Crippen LogP contribution in [-0.2, 0) is 22.1 Å². The Balaban J connectivity index is 0. The van der Waals surface area contributed by atoms with Crippen molar-refractivity contribution in [2.24, 2.45) is 0 Å². The van der Waals surface area contributed by atoms with E-state index < -0.39 is 18.1 Å². The van der Waals surface area contributed by atoms with Gasteiger partial charge in [-0.15, -0.1) is 6.58 Å². The molecule has 5 nitrogen and oxygen atoms in total. The van der Waals surface area contributed by atoms with E-state index in [9.17, 15) is 0 Å². The first-order chi connectivity index (χ1) is 11.4. The van der Waals surface area contributed by atoms with Crippen LogP contribution in [0.15, 0.2) is 23.9 Å². The molecule has 0 bridgehead atoms. The molecule has 144 valence electrons. The van der Waals surface area contributed by atoms with E-state index in [1.54, 1.807) is 35.5 Å². The molecule has 0 atom stereocenters. The molecule has 0 spiro atoms. The van der Waals surface area contributed by atoms with E-state index in [1.165, 1.54) is 24.8 Å². The van der Waals surface area contributed by atoms with Crippen molar-refractivity contribution in [3.8, 4) is 0 Å². The van der Waals surface area contributed by atoms with E-state index in [1.807, 2.05) is 19.9 Å². The van der Waals surface area contributed by atoms with Crippen LogP contribution in [0, 0.1) is 0 Å². The van der Waals surface area contributed by atoms with Gasteiger partial charge < -0.3 is 22.1 Å². The minimum absolute atomic E-state index is 0.907. The van der Waals surface area contributed by atoms with E-state index in [-0.39, 0.29) is 0 Å². The lowest BCUT2D eigenvalue weighted by Crippen LogP contribution is -2.42. The minimum atomic E-state index is -2.31. The average molecular weight is 379 g/mol. The van der Waals surface area contributed by atoms with Crippen molar-refractivity contribution in [2.45, 2.75) is 52.0 Å². The molecule has 0 fully saturated rings. The largest absolute Gasteiger partial charge is 0.500 e. The van der Waals surface area contributed by atoms with Gasteiger partial charge in [0.25, 0.3) is 0 Å².